The van der Waals surface area contributed by atoms with Crippen LogP contribution in [0.3, 0.4) is 0 Å². The summed E-state index contributed by atoms with van der Waals surface area (Å²) in [4.78, 5) is 36.7. The molecule has 0 aliphatic rings. The molecule has 0 aromatic heterocycles. The topological polar surface area (TPSA) is 95.5 Å². The number of aliphatic carboxylic acids is 1. The molecule has 0 aliphatic carbocycles. The minimum atomic E-state index is -1.02. The van der Waals surface area contributed by atoms with Crippen molar-refractivity contribution in [1.82, 2.24) is 10.6 Å². The average molecular weight is 382 g/mol. The van der Waals surface area contributed by atoms with Crippen molar-refractivity contribution in [3.63, 3.8) is 0 Å². The number of hydrogen-bond donors (Lipinski definition) is 3. The van der Waals surface area contributed by atoms with Crippen molar-refractivity contribution >= 4 is 17.8 Å². The van der Waals surface area contributed by atoms with Gasteiger partial charge in [-0.15, -0.1) is 0 Å². The van der Waals surface area contributed by atoms with Gasteiger partial charge in [0.2, 0.25) is 5.91 Å². The SMILES string of the molecule is Cc1ccc(C(=O)NC(C(=O)NCC(C(=O)O)c2ccccc2)C(C)C)cc1. The number of hydrogen-bond acceptors (Lipinski definition) is 3. The molecule has 6 heteroatoms. The van der Waals surface area contributed by atoms with Gasteiger partial charge in [-0.05, 0) is 30.5 Å². The van der Waals surface area contributed by atoms with Gasteiger partial charge >= 0.3 is 5.97 Å². The van der Waals surface area contributed by atoms with Crippen LogP contribution in [0, 0.1) is 12.8 Å². The molecule has 0 radical (unpaired) electrons. The van der Waals surface area contributed by atoms with Gasteiger partial charge in [-0.1, -0.05) is 61.9 Å². The van der Waals surface area contributed by atoms with Gasteiger partial charge in [-0.25, -0.2) is 0 Å². The Labute approximate surface area is 165 Å². The number of benzene rings is 2. The van der Waals surface area contributed by atoms with Crippen LogP contribution in [0.1, 0.15) is 41.3 Å². The largest absolute Gasteiger partial charge is 0.481 e. The van der Waals surface area contributed by atoms with E-state index in [1.165, 1.54) is 0 Å². The maximum Gasteiger partial charge on any atom is 0.312 e. The molecule has 28 heavy (non-hydrogen) atoms. The van der Waals surface area contributed by atoms with E-state index in [0.29, 0.717) is 11.1 Å². The quantitative estimate of drug-likeness (QED) is 0.654. The molecule has 6 nitrogen and oxygen atoms in total. The van der Waals surface area contributed by atoms with Gasteiger partial charge in [0.15, 0.2) is 0 Å². The van der Waals surface area contributed by atoms with Crippen molar-refractivity contribution in [2.45, 2.75) is 32.7 Å². The van der Waals surface area contributed by atoms with Gasteiger partial charge in [-0.2, -0.15) is 0 Å². The van der Waals surface area contributed by atoms with E-state index in [9.17, 15) is 19.5 Å². The van der Waals surface area contributed by atoms with Gasteiger partial charge < -0.3 is 15.7 Å². The van der Waals surface area contributed by atoms with E-state index in [-0.39, 0.29) is 18.4 Å². The zero-order valence-corrected chi connectivity index (χ0v) is 16.3. The fraction of sp³-hybridized carbons (Fsp3) is 0.318. The molecule has 0 spiro atoms. The molecule has 0 bridgehead atoms. The molecule has 2 rings (SSSR count). The fourth-order valence-electron chi connectivity index (χ4n) is 2.81. The van der Waals surface area contributed by atoms with Crippen LogP contribution in [-0.2, 0) is 9.59 Å². The van der Waals surface area contributed by atoms with Crippen LogP contribution in [0.25, 0.3) is 0 Å². The van der Waals surface area contributed by atoms with Crippen molar-refractivity contribution in [3.05, 3.63) is 71.3 Å². The number of aryl methyl sites for hydroxylation is 1. The van der Waals surface area contributed by atoms with E-state index in [1.807, 2.05) is 32.9 Å². The Morgan fingerprint density at radius 2 is 1.57 bits per heavy atom. The second kappa shape index (κ2) is 9.69. The van der Waals surface area contributed by atoms with Crippen LogP contribution in [0.5, 0.6) is 0 Å². The summed E-state index contributed by atoms with van der Waals surface area (Å²) >= 11 is 0. The Kier molecular flexibility index (Phi) is 7.32. The normalized spacial score (nSPS) is 12.9. The summed E-state index contributed by atoms with van der Waals surface area (Å²) in [5.41, 5.74) is 2.12. The molecular formula is C22H26N2O4. The lowest BCUT2D eigenvalue weighted by Crippen LogP contribution is -2.50. The highest BCUT2D eigenvalue weighted by atomic mass is 16.4. The standard InChI is InChI=1S/C22H26N2O4/c1-14(2)19(24-20(25)17-11-9-15(3)10-12-17)21(26)23-13-18(22(27)28)16-7-5-4-6-8-16/h4-12,14,18-19H,13H2,1-3H3,(H,23,26)(H,24,25)(H,27,28). The Morgan fingerprint density at radius 3 is 2.11 bits per heavy atom. The number of carbonyl (C=O) groups is 3. The summed E-state index contributed by atoms with van der Waals surface area (Å²) in [6.45, 7) is 5.52. The monoisotopic (exact) mass is 382 g/mol. The lowest BCUT2D eigenvalue weighted by Gasteiger charge is -2.23. The first-order valence-electron chi connectivity index (χ1n) is 9.22. The van der Waals surface area contributed by atoms with Crippen molar-refractivity contribution in [2.75, 3.05) is 6.54 Å². The Bertz CT molecular complexity index is 816. The van der Waals surface area contributed by atoms with Gasteiger partial charge in [0.05, 0.1) is 5.92 Å². The zero-order valence-electron chi connectivity index (χ0n) is 16.3. The van der Waals surface area contributed by atoms with Crippen molar-refractivity contribution in [2.24, 2.45) is 5.92 Å². The lowest BCUT2D eigenvalue weighted by molar-refractivity contribution is -0.138. The van der Waals surface area contributed by atoms with E-state index < -0.39 is 23.8 Å². The minimum absolute atomic E-state index is 0.0538. The van der Waals surface area contributed by atoms with Gasteiger partial charge in [0.25, 0.3) is 5.91 Å². The summed E-state index contributed by atoms with van der Waals surface area (Å²) < 4.78 is 0. The molecule has 0 fully saturated rings. The number of carbonyl (C=O) groups excluding carboxylic acids is 2. The number of amides is 2. The molecule has 0 saturated heterocycles. The number of carboxylic acids is 1. The first-order valence-corrected chi connectivity index (χ1v) is 9.22. The number of nitrogens with one attached hydrogen (secondary N) is 2. The van der Waals surface area contributed by atoms with Crippen LogP contribution in [0.2, 0.25) is 0 Å². The summed E-state index contributed by atoms with van der Waals surface area (Å²) in [7, 11) is 0. The molecular weight excluding hydrogens is 356 g/mol. The Morgan fingerprint density at radius 1 is 0.964 bits per heavy atom. The van der Waals surface area contributed by atoms with Gasteiger partial charge in [0.1, 0.15) is 6.04 Å². The summed E-state index contributed by atoms with van der Waals surface area (Å²) in [6.07, 6.45) is 0. The van der Waals surface area contributed by atoms with Gasteiger partial charge in [-0.3, -0.25) is 14.4 Å². The highest BCUT2D eigenvalue weighted by Gasteiger charge is 2.27. The third-order valence-electron chi connectivity index (χ3n) is 4.53. The molecule has 2 aromatic rings. The summed E-state index contributed by atoms with van der Waals surface area (Å²) in [5.74, 6) is -2.78. The van der Waals surface area contributed by atoms with Crippen LogP contribution < -0.4 is 10.6 Å². The predicted octanol–water partition coefficient (Wildman–Crippen LogP) is 2.73. The third kappa shape index (κ3) is 5.67. The van der Waals surface area contributed by atoms with Crippen molar-refractivity contribution in [3.8, 4) is 0 Å². The molecule has 148 valence electrons. The molecule has 3 N–H and O–H groups in total. The maximum atomic E-state index is 12.6. The second-order valence-electron chi connectivity index (χ2n) is 7.11. The van der Waals surface area contributed by atoms with E-state index in [2.05, 4.69) is 10.6 Å². The van der Waals surface area contributed by atoms with Crippen molar-refractivity contribution in [1.29, 1.82) is 0 Å². The molecule has 2 amide bonds. The summed E-state index contributed by atoms with van der Waals surface area (Å²) in [5, 5.41) is 14.9. The first-order chi connectivity index (χ1) is 13.3. The third-order valence-corrected chi connectivity index (χ3v) is 4.53. The highest BCUT2D eigenvalue weighted by Crippen LogP contribution is 2.15. The average Bonchev–Trinajstić information content (AvgIpc) is 2.66. The molecule has 0 saturated carbocycles. The first kappa shape index (κ1) is 21.2. The van der Waals surface area contributed by atoms with Crippen LogP contribution >= 0.6 is 0 Å². The Balaban J connectivity index is 2.04. The molecule has 2 unspecified atom stereocenters. The Hall–Kier alpha value is -3.15. The molecule has 2 aromatic carbocycles. The molecule has 0 aliphatic heterocycles. The van der Waals surface area contributed by atoms with E-state index in [0.717, 1.165) is 5.56 Å². The van der Waals surface area contributed by atoms with E-state index in [1.54, 1.807) is 42.5 Å². The predicted molar refractivity (Wildman–Crippen MR) is 107 cm³/mol. The maximum absolute atomic E-state index is 12.6. The van der Waals surface area contributed by atoms with Crippen molar-refractivity contribution < 1.29 is 19.5 Å². The van der Waals surface area contributed by atoms with Gasteiger partial charge in [0, 0.05) is 12.1 Å². The van der Waals surface area contributed by atoms with E-state index >= 15 is 0 Å². The minimum Gasteiger partial charge on any atom is -0.481 e. The van der Waals surface area contributed by atoms with E-state index in [4.69, 9.17) is 0 Å². The van der Waals surface area contributed by atoms with Crippen LogP contribution in [0.4, 0.5) is 0 Å². The fourth-order valence-corrected chi connectivity index (χ4v) is 2.81. The van der Waals surface area contributed by atoms with Crippen LogP contribution in [0.15, 0.2) is 54.6 Å². The zero-order chi connectivity index (χ0) is 20.7. The second-order valence-corrected chi connectivity index (χ2v) is 7.11. The highest BCUT2D eigenvalue weighted by molar-refractivity contribution is 5.97. The summed E-state index contributed by atoms with van der Waals surface area (Å²) in [6, 6.07) is 15.0. The molecule has 0 heterocycles. The number of rotatable bonds is 8. The lowest BCUT2D eigenvalue weighted by atomic mass is 9.98. The smallest absolute Gasteiger partial charge is 0.312 e. The van der Waals surface area contributed by atoms with Crippen LogP contribution in [-0.4, -0.2) is 35.5 Å². The number of carboxylic acid groups (broad SMARTS) is 1. The molecule has 2 atom stereocenters.